The molecule has 2 aromatic rings. The van der Waals surface area contributed by atoms with Gasteiger partial charge in [0, 0.05) is 11.9 Å². The van der Waals surface area contributed by atoms with Crippen LogP contribution in [0.5, 0.6) is 0 Å². The van der Waals surface area contributed by atoms with Crippen molar-refractivity contribution in [1.29, 1.82) is 0 Å². The Hall–Kier alpha value is -3.52. The third-order valence-corrected chi connectivity index (χ3v) is 6.47. The Morgan fingerprint density at radius 2 is 1.88 bits per heavy atom. The van der Waals surface area contributed by atoms with Crippen molar-refractivity contribution in [2.45, 2.75) is 24.5 Å². The second-order valence-corrected chi connectivity index (χ2v) is 10.1. The molecule has 32 heavy (non-hydrogen) atoms. The molecule has 5 rings (SSSR count). The molecule has 1 fully saturated rings. The third kappa shape index (κ3) is 3.89. The van der Waals surface area contributed by atoms with E-state index in [4.69, 9.17) is 0 Å². The Morgan fingerprint density at radius 3 is 2.59 bits per heavy atom. The lowest BCUT2D eigenvalue weighted by atomic mass is 10.0. The lowest BCUT2D eigenvalue weighted by Crippen LogP contribution is -2.38. The minimum absolute atomic E-state index is 0.154. The fraction of sp³-hybridized carbons (Fsp3) is 0.208. The van der Waals surface area contributed by atoms with E-state index < -0.39 is 10.0 Å². The smallest absolute Gasteiger partial charge is 0.270 e. The average Bonchev–Trinajstić information content (AvgIpc) is 3.44. The van der Waals surface area contributed by atoms with Crippen LogP contribution in [0, 0.1) is 0 Å². The highest BCUT2D eigenvalue weighted by atomic mass is 32.2. The van der Waals surface area contributed by atoms with Crippen molar-refractivity contribution >= 4 is 21.6 Å². The molecule has 3 N–H and O–H groups in total. The van der Waals surface area contributed by atoms with Gasteiger partial charge in [0.15, 0.2) is 0 Å². The SMILES string of the molecule is CS(=O)(=O)Nc1cccc(C2NC(C(=O)NC3(c4ccccc4)CC3)=C3C=CC=CN32)c1. The van der Waals surface area contributed by atoms with Gasteiger partial charge in [-0.05, 0) is 48.3 Å². The summed E-state index contributed by atoms with van der Waals surface area (Å²) in [6.45, 7) is 0. The molecule has 0 aromatic heterocycles. The summed E-state index contributed by atoms with van der Waals surface area (Å²) in [6.07, 6.45) is 10.2. The molecule has 2 aliphatic heterocycles. The summed E-state index contributed by atoms with van der Waals surface area (Å²) >= 11 is 0. The van der Waals surface area contributed by atoms with E-state index >= 15 is 0 Å². The fourth-order valence-electron chi connectivity index (χ4n) is 4.23. The molecule has 0 bridgehead atoms. The van der Waals surface area contributed by atoms with Crippen LogP contribution < -0.4 is 15.4 Å². The van der Waals surface area contributed by atoms with Crippen molar-refractivity contribution in [2.24, 2.45) is 0 Å². The standard InChI is InChI=1S/C24H24N4O3S/c1-32(30,31)27-19-11-7-8-17(16-19)22-25-21(20-12-5-6-15-28(20)22)23(29)26-24(13-14-24)18-9-3-2-4-10-18/h2-12,15-16,22,25,27H,13-14H2,1H3,(H,26,29). The van der Waals surface area contributed by atoms with Crippen LogP contribution in [-0.4, -0.2) is 25.5 Å². The number of anilines is 1. The molecule has 1 amide bonds. The van der Waals surface area contributed by atoms with Gasteiger partial charge in [0.25, 0.3) is 5.91 Å². The molecular weight excluding hydrogens is 424 g/mol. The number of carbonyl (C=O) groups excluding carboxylic acids is 1. The summed E-state index contributed by atoms with van der Waals surface area (Å²) in [4.78, 5) is 15.3. The molecule has 0 saturated heterocycles. The molecule has 1 saturated carbocycles. The van der Waals surface area contributed by atoms with Crippen LogP contribution in [-0.2, 0) is 20.4 Å². The Balaban J connectivity index is 1.41. The predicted molar refractivity (Wildman–Crippen MR) is 123 cm³/mol. The first-order valence-corrected chi connectivity index (χ1v) is 12.3. The number of allylic oxidation sites excluding steroid dienone is 3. The molecule has 1 aliphatic carbocycles. The van der Waals surface area contributed by atoms with Crippen LogP contribution in [0.1, 0.15) is 30.1 Å². The summed E-state index contributed by atoms with van der Waals surface area (Å²) in [6, 6.07) is 17.2. The Bertz CT molecular complexity index is 1260. The molecule has 164 valence electrons. The van der Waals surface area contributed by atoms with E-state index in [2.05, 4.69) is 15.4 Å². The van der Waals surface area contributed by atoms with E-state index in [1.165, 1.54) is 0 Å². The molecule has 7 nitrogen and oxygen atoms in total. The highest BCUT2D eigenvalue weighted by molar-refractivity contribution is 7.92. The van der Waals surface area contributed by atoms with Crippen LogP contribution in [0.3, 0.4) is 0 Å². The lowest BCUT2D eigenvalue weighted by Gasteiger charge is -2.26. The number of rotatable bonds is 6. The first kappa shape index (κ1) is 20.4. The molecule has 1 unspecified atom stereocenters. The van der Waals surface area contributed by atoms with E-state index in [0.29, 0.717) is 11.4 Å². The molecule has 2 aromatic carbocycles. The van der Waals surface area contributed by atoms with Gasteiger partial charge >= 0.3 is 0 Å². The van der Waals surface area contributed by atoms with Gasteiger partial charge < -0.3 is 15.5 Å². The van der Waals surface area contributed by atoms with Gasteiger partial charge in [0.05, 0.1) is 17.5 Å². The number of amides is 1. The van der Waals surface area contributed by atoms with Crippen molar-refractivity contribution in [3.63, 3.8) is 0 Å². The molecule has 2 heterocycles. The number of nitrogens with zero attached hydrogens (tertiary/aromatic N) is 1. The first-order valence-electron chi connectivity index (χ1n) is 10.4. The molecule has 3 aliphatic rings. The second-order valence-electron chi connectivity index (χ2n) is 8.32. The first-order chi connectivity index (χ1) is 15.3. The Kier molecular flexibility index (Phi) is 4.82. The van der Waals surface area contributed by atoms with Gasteiger partial charge in [0.2, 0.25) is 10.0 Å². The Morgan fingerprint density at radius 1 is 1.09 bits per heavy atom. The summed E-state index contributed by atoms with van der Waals surface area (Å²) < 4.78 is 25.8. The zero-order valence-corrected chi connectivity index (χ0v) is 18.4. The number of carbonyl (C=O) groups is 1. The molecule has 0 radical (unpaired) electrons. The molecular formula is C24H24N4O3S. The summed E-state index contributed by atoms with van der Waals surface area (Å²) in [5.74, 6) is -0.154. The summed E-state index contributed by atoms with van der Waals surface area (Å²) in [5.41, 5.74) is 3.39. The summed E-state index contributed by atoms with van der Waals surface area (Å²) in [7, 11) is -3.39. The van der Waals surface area contributed by atoms with E-state index in [-0.39, 0.29) is 17.6 Å². The largest absolute Gasteiger partial charge is 0.355 e. The fourth-order valence-corrected chi connectivity index (χ4v) is 4.79. The van der Waals surface area contributed by atoms with Crippen LogP contribution >= 0.6 is 0 Å². The zero-order valence-electron chi connectivity index (χ0n) is 17.6. The highest BCUT2D eigenvalue weighted by Crippen LogP contribution is 2.46. The average molecular weight is 449 g/mol. The number of hydrogen-bond acceptors (Lipinski definition) is 5. The minimum atomic E-state index is -3.39. The normalized spacial score (nSPS) is 20.5. The van der Waals surface area contributed by atoms with Crippen LogP contribution in [0.15, 0.2) is 90.4 Å². The number of hydrogen-bond donors (Lipinski definition) is 3. The monoisotopic (exact) mass is 448 g/mol. The number of benzene rings is 2. The maximum Gasteiger partial charge on any atom is 0.270 e. The quantitative estimate of drug-likeness (QED) is 0.632. The van der Waals surface area contributed by atoms with E-state index in [1.54, 1.807) is 18.2 Å². The zero-order chi connectivity index (χ0) is 22.3. The molecule has 0 spiro atoms. The van der Waals surface area contributed by atoms with Gasteiger partial charge in [-0.2, -0.15) is 0 Å². The molecule has 1 atom stereocenters. The van der Waals surface area contributed by atoms with Crippen molar-refractivity contribution < 1.29 is 13.2 Å². The van der Waals surface area contributed by atoms with Gasteiger partial charge in [-0.25, -0.2) is 8.42 Å². The minimum Gasteiger partial charge on any atom is -0.355 e. The van der Waals surface area contributed by atoms with Crippen LogP contribution in [0.2, 0.25) is 0 Å². The number of sulfonamides is 1. The molecule has 8 heteroatoms. The predicted octanol–water partition coefficient (Wildman–Crippen LogP) is 3.06. The number of nitrogens with one attached hydrogen (secondary N) is 3. The van der Waals surface area contributed by atoms with E-state index in [1.807, 2.05) is 65.7 Å². The van der Waals surface area contributed by atoms with Gasteiger partial charge in [-0.3, -0.25) is 9.52 Å². The van der Waals surface area contributed by atoms with Crippen molar-refractivity contribution in [3.8, 4) is 0 Å². The summed E-state index contributed by atoms with van der Waals surface area (Å²) in [5, 5.41) is 6.59. The van der Waals surface area contributed by atoms with Crippen LogP contribution in [0.4, 0.5) is 5.69 Å². The van der Waals surface area contributed by atoms with Gasteiger partial charge in [0.1, 0.15) is 11.9 Å². The van der Waals surface area contributed by atoms with Gasteiger partial charge in [-0.15, -0.1) is 0 Å². The Labute approximate surface area is 187 Å². The third-order valence-electron chi connectivity index (χ3n) is 5.87. The maximum absolute atomic E-state index is 13.4. The van der Waals surface area contributed by atoms with E-state index in [0.717, 1.165) is 35.9 Å². The number of fused-ring (bicyclic) bond motifs is 1. The van der Waals surface area contributed by atoms with Crippen LogP contribution in [0.25, 0.3) is 0 Å². The van der Waals surface area contributed by atoms with Crippen molar-refractivity contribution in [3.05, 3.63) is 102 Å². The van der Waals surface area contributed by atoms with Crippen molar-refractivity contribution in [1.82, 2.24) is 15.5 Å². The van der Waals surface area contributed by atoms with Crippen molar-refractivity contribution in [2.75, 3.05) is 11.0 Å². The highest BCUT2D eigenvalue weighted by Gasteiger charge is 2.47. The van der Waals surface area contributed by atoms with E-state index in [9.17, 15) is 13.2 Å². The maximum atomic E-state index is 13.4. The topological polar surface area (TPSA) is 90.5 Å². The second kappa shape index (κ2) is 7.56. The lowest BCUT2D eigenvalue weighted by molar-refractivity contribution is -0.118. The van der Waals surface area contributed by atoms with Gasteiger partial charge in [-0.1, -0.05) is 48.5 Å².